The number of nitrogens with zero attached hydrogens (tertiary/aromatic N) is 3. The van der Waals surface area contributed by atoms with E-state index in [-0.39, 0.29) is 5.91 Å². The van der Waals surface area contributed by atoms with Crippen LogP contribution in [-0.2, 0) is 6.42 Å². The molecule has 0 bridgehead atoms. The Morgan fingerprint density at radius 3 is 2.88 bits per heavy atom. The second kappa shape index (κ2) is 6.31. The Kier molecular flexibility index (Phi) is 4.13. The molecule has 0 saturated heterocycles. The van der Waals surface area contributed by atoms with Gasteiger partial charge in [-0.2, -0.15) is 0 Å². The zero-order valence-electron chi connectivity index (χ0n) is 14.5. The number of thiazole rings is 1. The first kappa shape index (κ1) is 16.4. The monoisotopic (exact) mass is 372 g/mol. The molecule has 3 aromatic rings. The van der Waals surface area contributed by atoms with Gasteiger partial charge in [-0.15, -0.1) is 11.3 Å². The van der Waals surface area contributed by atoms with Crippen molar-refractivity contribution in [2.75, 3.05) is 42.3 Å². The van der Waals surface area contributed by atoms with Gasteiger partial charge in [0.15, 0.2) is 5.13 Å². The molecule has 0 fully saturated rings. The van der Waals surface area contributed by atoms with E-state index in [9.17, 15) is 4.79 Å². The first-order valence-corrected chi connectivity index (χ1v) is 9.95. The van der Waals surface area contributed by atoms with Gasteiger partial charge in [-0.3, -0.25) is 4.79 Å². The highest BCUT2D eigenvalue weighted by Crippen LogP contribution is 2.35. The average Bonchev–Trinajstić information content (AvgIpc) is 3.26. The summed E-state index contributed by atoms with van der Waals surface area (Å²) in [5, 5.41) is 4.00. The molecule has 4 rings (SSSR count). The molecule has 3 heterocycles. The minimum absolute atomic E-state index is 0.0670. The highest BCUT2D eigenvalue weighted by atomic mass is 32.1. The Balaban J connectivity index is 1.55. The number of carbonyl (C=O) groups is 1. The number of anilines is 3. The highest BCUT2D eigenvalue weighted by molar-refractivity contribution is 7.29. The molecule has 1 aromatic carbocycles. The fraction of sp³-hybridized carbons (Fsp3) is 0.333. The first-order chi connectivity index (χ1) is 12.0. The number of benzene rings is 1. The summed E-state index contributed by atoms with van der Waals surface area (Å²) in [6.45, 7) is 4.21. The smallest absolute Gasteiger partial charge is 0.265 e. The van der Waals surface area contributed by atoms with Gasteiger partial charge >= 0.3 is 0 Å². The maximum atomic E-state index is 12.6. The Bertz CT molecular complexity index is 912. The molecule has 0 atom stereocenters. The van der Waals surface area contributed by atoms with Crippen molar-refractivity contribution in [3.63, 3.8) is 0 Å². The van der Waals surface area contributed by atoms with Crippen molar-refractivity contribution >= 4 is 54.6 Å². The average molecular weight is 373 g/mol. The molecule has 1 amide bonds. The van der Waals surface area contributed by atoms with Crippen molar-refractivity contribution in [1.82, 2.24) is 4.98 Å². The third kappa shape index (κ3) is 2.98. The van der Waals surface area contributed by atoms with Crippen LogP contribution in [0.2, 0.25) is 0 Å². The molecule has 0 saturated carbocycles. The summed E-state index contributed by atoms with van der Waals surface area (Å²) < 4.78 is 1.06. The molecule has 130 valence electrons. The molecule has 7 heteroatoms. The third-order valence-corrected chi connectivity index (χ3v) is 6.73. The highest BCUT2D eigenvalue weighted by Gasteiger charge is 2.19. The van der Waals surface area contributed by atoms with E-state index in [1.54, 1.807) is 11.3 Å². The maximum Gasteiger partial charge on any atom is 0.265 e. The SMILES string of the molecule is CCN1CCc2ccc(NC(=O)c3cc4sc(N(C)C)nc4s3)cc21. The lowest BCUT2D eigenvalue weighted by Gasteiger charge is -2.17. The van der Waals surface area contributed by atoms with Gasteiger partial charge in [0.2, 0.25) is 0 Å². The van der Waals surface area contributed by atoms with Gasteiger partial charge in [-0.25, -0.2) is 4.98 Å². The van der Waals surface area contributed by atoms with Crippen LogP contribution in [0.15, 0.2) is 24.3 Å². The normalized spacial score (nSPS) is 13.3. The number of likely N-dealkylation sites (N-methyl/N-ethyl adjacent to an activating group) is 1. The maximum absolute atomic E-state index is 12.6. The number of fused-ring (bicyclic) bond motifs is 2. The van der Waals surface area contributed by atoms with Gasteiger partial charge in [0, 0.05) is 38.6 Å². The van der Waals surface area contributed by atoms with Crippen LogP contribution in [0.3, 0.4) is 0 Å². The van der Waals surface area contributed by atoms with E-state index >= 15 is 0 Å². The number of amides is 1. The molecular weight excluding hydrogens is 352 g/mol. The Morgan fingerprint density at radius 1 is 1.32 bits per heavy atom. The molecule has 0 aliphatic carbocycles. The summed E-state index contributed by atoms with van der Waals surface area (Å²) in [4.78, 5) is 23.1. The van der Waals surface area contributed by atoms with Gasteiger partial charge in [-0.05, 0) is 37.1 Å². The van der Waals surface area contributed by atoms with Gasteiger partial charge in [0.25, 0.3) is 5.91 Å². The molecule has 1 N–H and O–H groups in total. The van der Waals surface area contributed by atoms with Crippen LogP contribution in [0.25, 0.3) is 9.53 Å². The number of thiophene rings is 1. The van der Waals surface area contributed by atoms with E-state index in [4.69, 9.17) is 0 Å². The van der Waals surface area contributed by atoms with E-state index in [1.165, 1.54) is 22.6 Å². The van der Waals surface area contributed by atoms with Crippen LogP contribution in [0, 0.1) is 0 Å². The molecule has 0 radical (unpaired) electrons. The van der Waals surface area contributed by atoms with E-state index in [0.717, 1.165) is 39.9 Å². The van der Waals surface area contributed by atoms with Gasteiger partial charge in [0.05, 0.1) is 9.58 Å². The topological polar surface area (TPSA) is 48.5 Å². The Hall–Kier alpha value is -2.12. The van der Waals surface area contributed by atoms with Gasteiger partial charge in [0.1, 0.15) is 4.83 Å². The second-order valence-corrected chi connectivity index (χ2v) is 8.34. The van der Waals surface area contributed by atoms with Crippen molar-refractivity contribution in [3.8, 4) is 0 Å². The summed E-state index contributed by atoms with van der Waals surface area (Å²) in [6, 6.07) is 8.14. The summed E-state index contributed by atoms with van der Waals surface area (Å²) in [6.07, 6.45) is 1.08. The van der Waals surface area contributed by atoms with Crippen LogP contribution in [0.4, 0.5) is 16.5 Å². The van der Waals surface area contributed by atoms with Crippen molar-refractivity contribution in [1.29, 1.82) is 0 Å². The zero-order valence-corrected chi connectivity index (χ0v) is 16.1. The molecular formula is C18H20N4OS2. The molecule has 1 aliphatic heterocycles. The van der Waals surface area contributed by atoms with E-state index < -0.39 is 0 Å². The molecule has 2 aromatic heterocycles. The van der Waals surface area contributed by atoms with E-state index in [0.29, 0.717) is 4.88 Å². The number of rotatable bonds is 4. The van der Waals surface area contributed by atoms with Gasteiger partial charge in [-0.1, -0.05) is 17.4 Å². The van der Waals surface area contributed by atoms with E-state index in [1.807, 2.05) is 31.1 Å². The third-order valence-electron chi connectivity index (χ3n) is 4.40. The molecule has 5 nitrogen and oxygen atoms in total. The molecule has 1 aliphatic rings. The van der Waals surface area contributed by atoms with Crippen LogP contribution >= 0.6 is 22.7 Å². The molecule has 0 unspecified atom stereocenters. The fourth-order valence-electron chi connectivity index (χ4n) is 3.07. The van der Waals surface area contributed by atoms with Crippen LogP contribution in [0.1, 0.15) is 22.2 Å². The second-order valence-electron chi connectivity index (χ2n) is 6.30. The summed E-state index contributed by atoms with van der Waals surface area (Å²) in [5.74, 6) is -0.0670. The zero-order chi connectivity index (χ0) is 17.6. The van der Waals surface area contributed by atoms with Gasteiger partial charge < -0.3 is 15.1 Å². The van der Waals surface area contributed by atoms with Crippen LogP contribution < -0.4 is 15.1 Å². The summed E-state index contributed by atoms with van der Waals surface area (Å²) in [5.41, 5.74) is 3.45. The Labute approximate surface area is 154 Å². The largest absolute Gasteiger partial charge is 0.371 e. The Morgan fingerprint density at radius 2 is 2.16 bits per heavy atom. The van der Waals surface area contributed by atoms with Crippen molar-refractivity contribution in [2.24, 2.45) is 0 Å². The van der Waals surface area contributed by atoms with Crippen LogP contribution in [-0.4, -0.2) is 38.1 Å². The fourth-order valence-corrected chi connectivity index (χ4v) is 5.10. The number of hydrogen-bond donors (Lipinski definition) is 1. The lowest BCUT2D eigenvalue weighted by molar-refractivity contribution is 0.103. The minimum Gasteiger partial charge on any atom is -0.371 e. The van der Waals surface area contributed by atoms with Crippen molar-refractivity contribution in [2.45, 2.75) is 13.3 Å². The van der Waals surface area contributed by atoms with Crippen molar-refractivity contribution in [3.05, 3.63) is 34.7 Å². The van der Waals surface area contributed by atoms with Crippen molar-refractivity contribution < 1.29 is 4.79 Å². The molecule has 25 heavy (non-hydrogen) atoms. The predicted octanol–water partition coefficient (Wildman–Crippen LogP) is 4.06. The lowest BCUT2D eigenvalue weighted by Crippen LogP contribution is -2.19. The quantitative estimate of drug-likeness (QED) is 0.750. The first-order valence-electron chi connectivity index (χ1n) is 8.32. The predicted molar refractivity (Wildman–Crippen MR) is 108 cm³/mol. The number of hydrogen-bond acceptors (Lipinski definition) is 6. The number of nitrogens with one attached hydrogen (secondary N) is 1. The minimum atomic E-state index is -0.0670. The van der Waals surface area contributed by atoms with Crippen LogP contribution in [0.5, 0.6) is 0 Å². The number of aromatic nitrogens is 1. The van der Waals surface area contributed by atoms with E-state index in [2.05, 4.69) is 34.3 Å². The number of carbonyl (C=O) groups excluding carboxylic acids is 1. The summed E-state index contributed by atoms with van der Waals surface area (Å²) >= 11 is 3.05. The summed E-state index contributed by atoms with van der Waals surface area (Å²) in [7, 11) is 3.95. The lowest BCUT2D eigenvalue weighted by atomic mass is 10.1. The molecule has 0 spiro atoms. The standard InChI is InChI=1S/C18H20N4OS2/c1-4-22-8-7-11-5-6-12(9-13(11)22)19-16(23)14-10-15-17(24-14)20-18(25-15)21(2)3/h5-6,9-10H,4,7-8H2,1-3H3,(H,19,23).